The number of ether oxygens (including phenoxy) is 5. The van der Waals surface area contributed by atoms with E-state index in [1.165, 1.54) is 0 Å². The van der Waals surface area contributed by atoms with Gasteiger partial charge in [-0.05, 0) is 19.4 Å². The zero-order chi connectivity index (χ0) is 29.7. The topological polar surface area (TPSA) is 321 Å². The molecule has 3 fully saturated rings. The van der Waals surface area contributed by atoms with Gasteiger partial charge in [0, 0.05) is 12.6 Å². The molecule has 3 aliphatic rings. The summed E-state index contributed by atoms with van der Waals surface area (Å²) in [5.74, 6) is 0. The lowest BCUT2D eigenvalue weighted by Crippen LogP contribution is -2.69. The number of aliphatic hydroxyl groups is 7. The summed E-state index contributed by atoms with van der Waals surface area (Å²) < 4.78 is 27.6. The number of nitrogens with one attached hydrogen (secondary N) is 1. The van der Waals surface area contributed by atoms with Crippen LogP contribution in [0.1, 0.15) is 12.8 Å². The predicted octanol–water partition coefficient (Wildman–Crippen LogP) is -7.18. The first-order valence-electron chi connectivity index (χ1n) is 13.1. The lowest BCUT2D eigenvalue weighted by molar-refractivity contribution is -0.332. The van der Waals surface area contributed by atoms with Crippen LogP contribution in [0.15, 0.2) is 0 Å². The molecule has 3 rings (SSSR count). The summed E-state index contributed by atoms with van der Waals surface area (Å²) >= 11 is 0. The molecule has 1 saturated carbocycles. The molecule has 0 spiro atoms. The highest BCUT2D eigenvalue weighted by atomic mass is 16.7. The van der Waals surface area contributed by atoms with Gasteiger partial charge in [0.05, 0.1) is 25.3 Å². The Kier molecular flexibility index (Phi) is 12.2. The molecule has 18 heteroatoms. The van der Waals surface area contributed by atoms with E-state index in [0.29, 0.717) is 6.42 Å². The van der Waals surface area contributed by atoms with E-state index in [-0.39, 0.29) is 26.1 Å². The monoisotopic (exact) mass is 585 g/mol. The van der Waals surface area contributed by atoms with Crippen molar-refractivity contribution in [3.05, 3.63) is 0 Å². The fraction of sp³-hybridized carbons (Fsp3) is 0.955. The van der Waals surface area contributed by atoms with Gasteiger partial charge in [0.2, 0.25) is 0 Å². The summed E-state index contributed by atoms with van der Waals surface area (Å²) in [5.41, 5.74) is 23.1. The van der Waals surface area contributed by atoms with Gasteiger partial charge in [-0.2, -0.15) is 0 Å². The van der Waals surface area contributed by atoms with E-state index in [1.54, 1.807) is 0 Å². The van der Waals surface area contributed by atoms with Gasteiger partial charge in [0.15, 0.2) is 12.6 Å². The van der Waals surface area contributed by atoms with E-state index < -0.39 is 104 Å². The molecule has 0 aromatic rings. The van der Waals surface area contributed by atoms with Crippen LogP contribution in [-0.4, -0.2) is 160 Å². The van der Waals surface area contributed by atoms with Crippen molar-refractivity contribution in [3.63, 3.8) is 0 Å². The number of alkyl carbamates (subject to hydrolysis) is 1. The molecule has 18 nitrogen and oxygen atoms in total. The number of amides is 1. The molecular weight excluding hydrogens is 542 g/mol. The Hall–Kier alpha value is -1.33. The van der Waals surface area contributed by atoms with Gasteiger partial charge in [0.25, 0.3) is 0 Å². The van der Waals surface area contributed by atoms with Crippen LogP contribution in [0.25, 0.3) is 0 Å². The lowest BCUT2D eigenvalue weighted by atomic mass is 9.83. The Morgan fingerprint density at radius 3 is 2.08 bits per heavy atom. The Morgan fingerprint density at radius 2 is 1.45 bits per heavy atom. The van der Waals surface area contributed by atoms with Gasteiger partial charge in [-0.3, -0.25) is 0 Å². The second kappa shape index (κ2) is 14.7. The second-order valence-corrected chi connectivity index (χ2v) is 10.2. The average molecular weight is 586 g/mol. The molecule has 0 bridgehead atoms. The summed E-state index contributed by atoms with van der Waals surface area (Å²) in [4.78, 5) is 12.4. The first-order valence-corrected chi connectivity index (χ1v) is 13.1. The summed E-state index contributed by atoms with van der Waals surface area (Å²) in [6.07, 6.45) is -18.4. The standard InChI is InChI=1S/C22H43N5O13/c23-2-1-3-36-22(35)27-8-4-7(25)18(39-21-16(33)15(32)13(30)9(5-24)37-21)17(34)19(8)40-20-14(31)11(26)12(29)10(6-28)38-20/h7-21,28-34H,1-6,23-26H2,(H,27,35)/t7-,8+,9+,10+,11-,12+,13+,14+,15-,16+,17-,18+,19-,20+,21-/m0/s1. The largest absolute Gasteiger partial charge is 0.450 e. The zero-order valence-electron chi connectivity index (χ0n) is 21.8. The molecule has 15 atom stereocenters. The van der Waals surface area contributed by atoms with Crippen molar-refractivity contribution in [1.29, 1.82) is 0 Å². The predicted molar refractivity (Wildman–Crippen MR) is 132 cm³/mol. The number of aliphatic hydroxyl groups excluding tert-OH is 7. The average Bonchev–Trinajstić information content (AvgIpc) is 2.93. The minimum Gasteiger partial charge on any atom is -0.450 e. The third-order valence-electron chi connectivity index (χ3n) is 7.32. The molecule has 1 aliphatic carbocycles. The quantitative estimate of drug-likeness (QED) is 0.106. The number of hydrogen-bond donors (Lipinski definition) is 12. The van der Waals surface area contributed by atoms with Gasteiger partial charge in [-0.25, -0.2) is 4.79 Å². The number of hydrogen-bond acceptors (Lipinski definition) is 17. The highest BCUT2D eigenvalue weighted by Crippen LogP contribution is 2.32. The number of rotatable bonds is 10. The molecule has 234 valence electrons. The van der Waals surface area contributed by atoms with Crippen molar-refractivity contribution in [3.8, 4) is 0 Å². The Morgan fingerprint density at radius 1 is 0.825 bits per heavy atom. The van der Waals surface area contributed by atoms with Crippen LogP contribution in [0.3, 0.4) is 0 Å². The molecule has 2 aliphatic heterocycles. The molecule has 2 heterocycles. The van der Waals surface area contributed by atoms with Crippen molar-refractivity contribution in [2.75, 3.05) is 26.3 Å². The van der Waals surface area contributed by atoms with Gasteiger partial charge >= 0.3 is 6.09 Å². The van der Waals surface area contributed by atoms with E-state index in [1.807, 2.05) is 0 Å². The smallest absolute Gasteiger partial charge is 0.407 e. The number of carbonyl (C=O) groups is 1. The molecule has 0 radical (unpaired) electrons. The van der Waals surface area contributed by atoms with E-state index in [4.69, 9.17) is 46.6 Å². The summed E-state index contributed by atoms with van der Waals surface area (Å²) in [6.45, 7) is -0.577. The van der Waals surface area contributed by atoms with Crippen molar-refractivity contribution in [2.24, 2.45) is 22.9 Å². The van der Waals surface area contributed by atoms with E-state index >= 15 is 0 Å². The Bertz CT molecular complexity index is 800. The first kappa shape index (κ1) is 33.2. The van der Waals surface area contributed by atoms with Crippen molar-refractivity contribution in [2.45, 2.75) is 105 Å². The van der Waals surface area contributed by atoms with Gasteiger partial charge in [-0.1, -0.05) is 0 Å². The van der Waals surface area contributed by atoms with Crippen LogP contribution in [0, 0.1) is 0 Å². The van der Waals surface area contributed by atoms with Crippen LogP contribution in [0.4, 0.5) is 4.79 Å². The van der Waals surface area contributed by atoms with Crippen molar-refractivity contribution in [1.82, 2.24) is 5.32 Å². The van der Waals surface area contributed by atoms with Gasteiger partial charge in [-0.15, -0.1) is 0 Å². The Balaban J connectivity index is 1.82. The third kappa shape index (κ3) is 7.35. The molecule has 0 unspecified atom stereocenters. The molecule has 16 N–H and O–H groups in total. The fourth-order valence-corrected chi connectivity index (χ4v) is 4.94. The lowest BCUT2D eigenvalue weighted by Gasteiger charge is -2.48. The maximum absolute atomic E-state index is 12.4. The fourth-order valence-electron chi connectivity index (χ4n) is 4.94. The summed E-state index contributed by atoms with van der Waals surface area (Å²) in [6, 6.07) is -3.33. The normalized spacial score (nSPS) is 46.1. The molecular formula is C22H43N5O13. The molecule has 0 aromatic carbocycles. The maximum atomic E-state index is 12.4. The van der Waals surface area contributed by atoms with Gasteiger partial charge in [0.1, 0.15) is 61.0 Å². The summed E-state index contributed by atoms with van der Waals surface area (Å²) in [7, 11) is 0. The van der Waals surface area contributed by atoms with Crippen LogP contribution in [-0.2, 0) is 23.7 Å². The highest BCUT2D eigenvalue weighted by molar-refractivity contribution is 5.67. The first-order chi connectivity index (χ1) is 18.9. The van der Waals surface area contributed by atoms with Crippen molar-refractivity contribution < 1.29 is 64.2 Å². The van der Waals surface area contributed by atoms with Crippen LogP contribution >= 0.6 is 0 Å². The summed E-state index contributed by atoms with van der Waals surface area (Å²) in [5, 5.41) is 74.8. The van der Waals surface area contributed by atoms with Gasteiger partial charge < -0.3 is 87.7 Å². The van der Waals surface area contributed by atoms with Crippen LogP contribution in [0.2, 0.25) is 0 Å². The number of carbonyl (C=O) groups excluding carboxylic acids is 1. The molecule has 2 saturated heterocycles. The second-order valence-electron chi connectivity index (χ2n) is 10.2. The Labute approximate surface area is 230 Å². The minimum absolute atomic E-state index is 0.0175. The highest BCUT2D eigenvalue weighted by Gasteiger charge is 2.52. The SMILES string of the molecule is NCCCOC(=O)N[C@@H]1C[C@H](N)[C@@H](O[C@@H]2O[C@H](CN)[C@@H](O)[C@H](O)[C@H]2O)[C@H](O)[C@H]1O[C@H]1O[C@H](CO)[C@@H](O)[C@H](N)[C@H]1O. The van der Waals surface area contributed by atoms with Crippen molar-refractivity contribution >= 4 is 6.09 Å². The molecule has 40 heavy (non-hydrogen) atoms. The maximum Gasteiger partial charge on any atom is 0.407 e. The minimum atomic E-state index is -1.74. The van der Waals surface area contributed by atoms with Crippen LogP contribution in [0.5, 0.6) is 0 Å². The molecule has 1 amide bonds. The van der Waals surface area contributed by atoms with Crippen LogP contribution < -0.4 is 28.3 Å². The molecule has 0 aromatic heterocycles. The number of nitrogens with two attached hydrogens (primary N) is 4. The van der Waals surface area contributed by atoms with E-state index in [9.17, 15) is 40.5 Å². The zero-order valence-corrected chi connectivity index (χ0v) is 21.8. The van der Waals surface area contributed by atoms with E-state index in [0.717, 1.165) is 0 Å². The third-order valence-corrected chi connectivity index (χ3v) is 7.32. The van der Waals surface area contributed by atoms with E-state index in [2.05, 4.69) is 5.32 Å².